The minimum Gasteiger partial charge on any atom is -0.496 e. The molecule has 3 aromatic carbocycles. The van der Waals surface area contributed by atoms with Crippen molar-refractivity contribution in [3.05, 3.63) is 89.5 Å². The van der Waals surface area contributed by atoms with Gasteiger partial charge in [-0.2, -0.15) is 0 Å². The Kier molecular flexibility index (Phi) is 13.8. The van der Waals surface area contributed by atoms with Gasteiger partial charge in [0.15, 0.2) is 0 Å². The third kappa shape index (κ3) is 10.7. The first-order valence-electron chi connectivity index (χ1n) is 15.3. The van der Waals surface area contributed by atoms with Crippen LogP contribution in [0.15, 0.2) is 72.8 Å². The topological polar surface area (TPSA) is 87.3 Å². The molecule has 0 spiro atoms. The highest BCUT2D eigenvalue weighted by molar-refractivity contribution is 5.92. The fourth-order valence-corrected chi connectivity index (χ4v) is 5.34. The van der Waals surface area contributed by atoms with Crippen molar-refractivity contribution in [2.24, 2.45) is 0 Å². The zero-order chi connectivity index (χ0) is 30.1. The lowest BCUT2D eigenvalue weighted by Crippen LogP contribution is -2.42. The summed E-state index contributed by atoms with van der Waals surface area (Å²) in [7, 11) is 3.39. The second-order valence-corrected chi connectivity index (χ2v) is 10.7. The first-order chi connectivity index (χ1) is 21.2. The monoisotopic (exact) mass is 590 g/mol. The number of amides is 1. The normalized spacial score (nSPS) is 16.5. The second-order valence-electron chi connectivity index (χ2n) is 10.7. The van der Waals surface area contributed by atoms with Gasteiger partial charge in [-0.3, -0.25) is 4.79 Å². The van der Waals surface area contributed by atoms with Crippen LogP contribution in [0.1, 0.15) is 48.3 Å². The van der Waals surface area contributed by atoms with E-state index in [4.69, 9.17) is 23.7 Å². The molecule has 0 unspecified atom stereocenters. The van der Waals surface area contributed by atoms with E-state index in [1.807, 2.05) is 54.6 Å². The van der Waals surface area contributed by atoms with Gasteiger partial charge in [0.05, 0.1) is 33.0 Å². The van der Waals surface area contributed by atoms with Gasteiger partial charge in [0.2, 0.25) is 5.91 Å². The zero-order valence-corrected chi connectivity index (χ0v) is 25.5. The Labute approximate surface area is 256 Å². The van der Waals surface area contributed by atoms with Crippen molar-refractivity contribution < 1.29 is 28.5 Å². The molecule has 0 radical (unpaired) electrons. The molecule has 1 saturated heterocycles. The second kappa shape index (κ2) is 18.3. The number of hydrogen-bond donors (Lipinski definition) is 2. The van der Waals surface area contributed by atoms with E-state index in [2.05, 4.69) is 28.8 Å². The molecule has 2 atom stereocenters. The summed E-state index contributed by atoms with van der Waals surface area (Å²) < 4.78 is 28.4. The van der Waals surface area contributed by atoms with E-state index >= 15 is 0 Å². The van der Waals surface area contributed by atoms with E-state index in [0.717, 1.165) is 73.6 Å². The number of hydrogen-bond acceptors (Lipinski definition) is 7. The number of anilines is 1. The largest absolute Gasteiger partial charge is 0.496 e. The Bertz CT molecular complexity index is 1240. The quantitative estimate of drug-likeness (QED) is 0.183. The number of ether oxygens (including phenoxy) is 5. The molecule has 1 amide bonds. The van der Waals surface area contributed by atoms with Gasteiger partial charge in [-0.05, 0) is 67.6 Å². The van der Waals surface area contributed by atoms with Crippen LogP contribution in [-0.4, -0.2) is 65.7 Å². The van der Waals surface area contributed by atoms with Gasteiger partial charge in [-0.15, -0.1) is 0 Å². The molecule has 0 saturated carbocycles. The van der Waals surface area contributed by atoms with Crippen LogP contribution >= 0.6 is 0 Å². The van der Waals surface area contributed by atoms with Crippen molar-refractivity contribution >= 4 is 11.6 Å². The molecule has 2 N–H and O–H groups in total. The molecule has 0 aliphatic carbocycles. The number of carbonyl (C=O) groups is 1. The van der Waals surface area contributed by atoms with E-state index in [1.54, 1.807) is 14.2 Å². The van der Waals surface area contributed by atoms with Crippen LogP contribution in [0.4, 0.5) is 5.69 Å². The predicted molar refractivity (Wildman–Crippen MR) is 169 cm³/mol. The van der Waals surface area contributed by atoms with Crippen molar-refractivity contribution in [1.29, 1.82) is 0 Å². The number of nitrogens with one attached hydrogen (secondary N) is 2. The number of unbranched alkanes of at least 4 members (excludes halogenated alkanes) is 1. The molecule has 1 fully saturated rings. The van der Waals surface area contributed by atoms with Gasteiger partial charge in [-0.25, -0.2) is 0 Å². The summed E-state index contributed by atoms with van der Waals surface area (Å²) in [6, 6.07) is 24.1. The van der Waals surface area contributed by atoms with Crippen LogP contribution in [0.2, 0.25) is 0 Å². The fourth-order valence-electron chi connectivity index (χ4n) is 5.34. The first-order valence-corrected chi connectivity index (χ1v) is 15.3. The molecule has 4 rings (SSSR count). The van der Waals surface area contributed by atoms with Crippen LogP contribution in [0.5, 0.6) is 11.5 Å². The molecule has 3 aromatic rings. The summed E-state index contributed by atoms with van der Waals surface area (Å²) in [6.45, 7) is 4.09. The van der Waals surface area contributed by atoms with Gasteiger partial charge < -0.3 is 34.3 Å². The Balaban J connectivity index is 1.19. The SMILES string of the molecule is COCCCCc1ccccc1NC(=O)CO[C@H]1CNCC[C@@H]1c1ccc(OCCCOCc2ccccc2OC)cc1. The Morgan fingerprint density at radius 3 is 2.49 bits per heavy atom. The van der Waals surface area contributed by atoms with Gasteiger partial charge in [0.1, 0.15) is 18.1 Å². The van der Waals surface area contributed by atoms with Crippen molar-refractivity contribution in [3.63, 3.8) is 0 Å². The molecule has 8 nitrogen and oxygen atoms in total. The molecular weight excluding hydrogens is 544 g/mol. The molecule has 232 valence electrons. The average molecular weight is 591 g/mol. The molecule has 1 aliphatic rings. The highest BCUT2D eigenvalue weighted by Crippen LogP contribution is 2.29. The fraction of sp³-hybridized carbons (Fsp3) is 0.457. The molecule has 0 bridgehead atoms. The minimum atomic E-state index is -0.135. The van der Waals surface area contributed by atoms with Gasteiger partial charge >= 0.3 is 0 Å². The smallest absolute Gasteiger partial charge is 0.250 e. The van der Waals surface area contributed by atoms with Crippen molar-refractivity contribution in [3.8, 4) is 11.5 Å². The van der Waals surface area contributed by atoms with Gasteiger partial charge in [0.25, 0.3) is 0 Å². The van der Waals surface area contributed by atoms with E-state index in [1.165, 1.54) is 5.56 Å². The van der Waals surface area contributed by atoms with Crippen LogP contribution in [0.25, 0.3) is 0 Å². The molecule has 1 aliphatic heterocycles. The Morgan fingerprint density at radius 1 is 0.884 bits per heavy atom. The van der Waals surface area contributed by atoms with Crippen molar-refractivity contribution in [2.75, 3.05) is 59.1 Å². The zero-order valence-electron chi connectivity index (χ0n) is 25.5. The van der Waals surface area contributed by atoms with Crippen molar-refractivity contribution in [1.82, 2.24) is 5.32 Å². The highest BCUT2D eigenvalue weighted by atomic mass is 16.5. The number of methoxy groups -OCH3 is 2. The number of carbonyl (C=O) groups excluding carboxylic acids is 1. The lowest BCUT2D eigenvalue weighted by molar-refractivity contribution is -0.123. The number of benzene rings is 3. The third-order valence-corrected chi connectivity index (χ3v) is 7.65. The van der Waals surface area contributed by atoms with Crippen LogP contribution in [0.3, 0.4) is 0 Å². The Hall–Kier alpha value is -3.43. The molecular formula is C35H46N2O6. The Morgan fingerprint density at radius 2 is 1.67 bits per heavy atom. The molecule has 1 heterocycles. The van der Waals surface area contributed by atoms with Crippen LogP contribution < -0.4 is 20.1 Å². The summed E-state index contributed by atoms with van der Waals surface area (Å²) in [5.74, 6) is 1.75. The summed E-state index contributed by atoms with van der Waals surface area (Å²) in [4.78, 5) is 12.8. The van der Waals surface area contributed by atoms with Crippen LogP contribution in [-0.2, 0) is 32.0 Å². The number of aryl methyl sites for hydroxylation is 1. The van der Waals surface area contributed by atoms with Crippen molar-refractivity contribution in [2.45, 2.75) is 50.7 Å². The third-order valence-electron chi connectivity index (χ3n) is 7.65. The predicted octanol–water partition coefficient (Wildman–Crippen LogP) is 5.75. The lowest BCUT2D eigenvalue weighted by Gasteiger charge is -2.32. The van der Waals surface area contributed by atoms with E-state index in [-0.39, 0.29) is 24.5 Å². The highest BCUT2D eigenvalue weighted by Gasteiger charge is 2.28. The van der Waals surface area contributed by atoms with E-state index in [9.17, 15) is 4.79 Å². The maximum Gasteiger partial charge on any atom is 0.250 e. The number of para-hydroxylation sites is 2. The van der Waals surface area contributed by atoms with Gasteiger partial charge in [-0.1, -0.05) is 48.5 Å². The number of piperidine rings is 1. The summed E-state index contributed by atoms with van der Waals surface area (Å²) >= 11 is 0. The number of rotatable bonds is 18. The lowest BCUT2D eigenvalue weighted by atomic mass is 9.88. The molecule has 43 heavy (non-hydrogen) atoms. The average Bonchev–Trinajstić information content (AvgIpc) is 3.05. The standard InChI is InChI=1S/C35H46N2O6/c1-39-21-8-7-11-28-10-3-5-13-32(28)37-35(38)26-43-34-24-36-20-19-31(34)27-15-17-30(18-16-27)42-23-9-22-41-25-29-12-4-6-14-33(29)40-2/h3-6,10,12-18,31,34,36H,7-9,11,19-26H2,1-2H3,(H,37,38)/t31-,34+/m1/s1. The molecule has 8 heteroatoms. The summed E-state index contributed by atoms with van der Waals surface area (Å²) in [5, 5.41) is 6.46. The summed E-state index contributed by atoms with van der Waals surface area (Å²) in [5.41, 5.74) is 4.22. The van der Waals surface area contributed by atoms with Gasteiger partial charge in [0, 0.05) is 43.9 Å². The van der Waals surface area contributed by atoms with Crippen LogP contribution in [0, 0.1) is 0 Å². The minimum absolute atomic E-state index is 0.0151. The maximum atomic E-state index is 12.8. The maximum absolute atomic E-state index is 12.8. The first kappa shape index (κ1) is 32.5. The molecule has 0 aromatic heterocycles. The van der Waals surface area contributed by atoms with E-state index < -0.39 is 0 Å². The summed E-state index contributed by atoms with van der Waals surface area (Å²) in [6.07, 6.45) is 4.55. The van der Waals surface area contributed by atoms with E-state index in [0.29, 0.717) is 26.4 Å².